The summed E-state index contributed by atoms with van der Waals surface area (Å²) in [5.41, 5.74) is 1.18. The van der Waals surface area contributed by atoms with Gasteiger partial charge in [-0.05, 0) is 42.8 Å². The van der Waals surface area contributed by atoms with Gasteiger partial charge in [-0.1, -0.05) is 17.7 Å². The number of hydrogen-bond acceptors (Lipinski definition) is 4. The maximum absolute atomic E-state index is 12.3. The van der Waals surface area contributed by atoms with Crippen LogP contribution < -0.4 is 9.47 Å². The van der Waals surface area contributed by atoms with Crippen LogP contribution >= 0.6 is 11.6 Å². The van der Waals surface area contributed by atoms with Gasteiger partial charge in [-0.25, -0.2) is 0 Å². The van der Waals surface area contributed by atoms with Crippen LogP contribution in [0.3, 0.4) is 0 Å². The van der Waals surface area contributed by atoms with Crippen LogP contribution in [0.1, 0.15) is 22.8 Å². The Bertz CT molecular complexity index is 780. The number of benzene rings is 2. The lowest BCUT2D eigenvalue weighted by Crippen LogP contribution is -1.98. The van der Waals surface area contributed by atoms with Crippen LogP contribution in [0.4, 0.5) is 0 Å². The smallest absolute Gasteiger partial charge is 0.231 e. The number of rotatable bonds is 3. The molecule has 0 aromatic heterocycles. The third-order valence-corrected chi connectivity index (χ3v) is 3.45. The number of phenolic OH excluding ortho intramolecular Hbond substituents is 1. The topological polar surface area (TPSA) is 55.8 Å². The number of carbonyl (C=O) groups excluding carboxylic acids is 1. The second kappa shape index (κ2) is 5.73. The zero-order valence-corrected chi connectivity index (χ0v) is 12.6. The van der Waals surface area contributed by atoms with Gasteiger partial charge >= 0.3 is 0 Å². The second-order valence-electron chi connectivity index (χ2n) is 4.74. The van der Waals surface area contributed by atoms with Gasteiger partial charge in [-0.15, -0.1) is 0 Å². The molecular weight excluding hydrogens is 304 g/mol. The van der Waals surface area contributed by atoms with Gasteiger partial charge in [0.15, 0.2) is 17.3 Å². The Hall–Kier alpha value is -2.46. The van der Waals surface area contributed by atoms with Gasteiger partial charge in [0.05, 0.1) is 12.2 Å². The summed E-state index contributed by atoms with van der Waals surface area (Å²) in [5, 5.41) is 10.2. The molecule has 0 spiro atoms. The first-order valence-corrected chi connectivity index (χ1v) is 7.16. The van der Waals surface area contributed by atoms with Crippen molar-refractivity contribution in [3.8, 4) is 17.2 Å². The van der Waals surface area contributed by atoms with E-state index in [1.54, 1.807) is 36.4 Å². The van der Waals surface area contributed by atoms with Crippen LogP contribution in [0.15, 0.2) is 42.2 Å². The highest BCUT2D eigenvalue weighted by atomic mass is 35.5. The number of ketones is 1. The average Bonchev–Trinajstić information content (AvgIpc) is 2.78. The van der Waals surface area contributed by atoms with E-state index in [9.17, 15) is 9.90 Å². The van der Waals surface area contributed by atoms with Crippen LogP contribution in [0.25, 0.3) is 6.08 Å². The molecule has 0 unspecified atom stereocenters. The van der Waals surface area contributed by atoms with Crippen LogP contribution in [-0.2, 0) is 0 Å². The zero-order valence-electron chi connectivity index (χ0n) is 11.8. The maximum atomic E-state index is 12.3. The van der Waals surface area contributed by atoms with Gasteiger partial charge in [-0.3, -0.25) is 4.79 Å². The molecule has 0 atom stereocenters. The van der Waals surface area contributed by atoms with Crippen molar-refractivity contribution in [3.63, 3.8) is 0 Å². The standard InChI is InChI=1S/C17H13ClO4/c1-2-21-15-7-10(3-6-13(15)19)8-16-17(20)12-5-4-11(18)9-14(12)22-16/h3-9,19H,2H2,1H3/b16-8-. The minimum atomic E-state index is -0.197. The van der Waals surface area contributed by atoms with E-state index in [0.29, 0.717) is 34.3 Å². The molecule has 0 fully saturated rings. The fraction of sp³-hybridized carbons (Fsp3) is 0.118. The van der Waals surface area contributed by atoms with Gasteiger partial charge in [0, 0.05) is 11.1 Å². The second-order valence-corrected chi connectivity index (χ2v) is 5.18. The van der Waals surface area contributed by atoms with E-state index >= 15 is 0 Å². The monoisotopic (exact) mass is 316 g/mol. The molecule has 2 aromatic carbocycles. The highest BCUT2D eigenvalue weighted by molar-refractivity contribution is 6.31. The molecule has 1 heterocycles. The number of ether oxygens (including phenoxy) is 2. The first kappa shape index (κ1) is 14.5. The normalized spacial score (nSPS) is 14.8. The molecule has 0 aliphatic carbocycles. The quantitative estimate of drug-likeness (QED) is 0.868. The van der Waals surface area contributed by atoms with Crippen molar-refractivity contribution >= 4 is 23.5 Å². The number of phenols is 1. The molecular formula is C17H13ClO4. The van der Waals surface area contributed by atoms with Crippen molar-refractivity contribution in [1.82, 2.24) is 0 Å². The van der Waals surface area contributed by atoms with Gasteiger partial charge in [0.2, 0.25) is 5.78 Å². The molecule has 5 heteroatoms. The molecule has 3 rings (SSSR count). The van der Waals surface area contributed by atoms with Crippen LogP contribution in [-0.4, -0.2) is 17.5 Å². The van der Waals surface area contributed by atoms with Crippen molar-refractivity contribution in [1.29, 1.82) is 0 Å². The molecule has 22 heavy (non-hydrogen) atoms. The van der Waals surface area contributed by atoms with Crippen molar-refractivity contribution in [3.05, 3.63) is 58.3 Å². The summed E-state index contributed by atoms with van der Waals surface area (Å²) in [6.45, 7) is 2.27. The van der Waals surface area contributed by atoms with Crippen molar-refractivity contribution in [2.75, 3.05) is 6.61 Å². The number of allylic oxidation sites excluding steroid dienone is 1. The molecule has 0 saturated carbocycles. The average molecular weight is 317 g/mol. The van der Waals surface area contributed by atoms with Crippen LogP contribution in [0, 0.1) is 0 Å². The van der Waals surface area contributed by atoms with Crippen molar-refractivity contribution in [2.24, 2.45) is 0 Å². The van der Waals surface area contributed by atoms with E-state index in [2.05, 4.69) is 0 Å². The van der Waals surface area contributed by atoms with Gasteiger partial charge < -0.3 is 14.6 Å². The van der Waals surface area contributed by atoms with Crippen molar-refractivity contribution in [2.45, 2.75) is 6.92 Å². The Morgan fingerprint density at radius 2 is 2.09 bits per heavy atom. The predicted molar refractivity (Wildman–Crippen MR) is 83.7 cm³/mol. The molecule has 1 aliphatic heterocycles. The molecule has 4 nitrogen and oxygen atoms in total. The third-order valence-electron chi connectivity index (χ3n) is 3.21. The summed E-state index contributed by atoms with van der Waals surface area (Å²) >= 11 is 5.90. The SMILES string of the molecule is CCOc1cc(/C=C2\Oc3cc(Cl)ccc3C2=O)ccc1O. The Morgan fingerprint density at radius 3 is 2.86 bits per heavy atom. The number of hydrogen-bond donors (Lipinski definition) is 1. The summed E-state index contributed by atoms with van der Waals surface area (Å²) < 4.78 is 10.9. The summed E-state index contributed by atoms with van der Waals surface area (Å²) in [4.78, 5) is 12.3. The predicted octanol–water partition coefficient (Wildman–Crippen LogP) is 4.06. The lowest BCUT2D eigenvalue weighted by Gasteiger charge is -2.06. The molecule has 1 aliphatic rings. The largest absolute Gasteiger partial charge is 0.504 e. The van der Waals surface area contributed by atoms with E-state index in [1.807, 2.05) is 6.92 Å². The van der Waals surface area contributed by atoms with Crippen molar-refractivity contribution < 1.29 is 19.4 Å². The molecule has 0 amide bonds. The Kier molecular flexibility index (Phi) is 3.77. The Labute approximate surface area is 132 Å². The minimum absolute atomic E-state index is 0.0535. The fourth-order valence-electron chi connectivity index (χ4n) is 2.20. The molecule has 0 bridgehead atoms. The number of fused-ring (bicyclic) bond motifs is 1. The number of halogens is 1. The van der Waals surface area contributed by atoms with E-state index in [1.165, 1.54) is 6.07 Å². The number of aromatic hydroxyl groups is 1. The third kappa shape index (κ3) is 2.65. The first-order chi connectivity index (χ1) is 10.6. The van der Waals surface area contributed by atoms with E-state index < -0.39 is 0 Å². The van der Waals surface area contributed by atoms with Crippen LogP contribution in [0.5, 0.6) is 17.2 Å². The van der Waals surface area contributed by atoms with Gasteiger partial charge in [-0.2, -0.15) is 0 Å². The Morgan fingerprint density at radius 1 is 1.27 bits per heavy atom. The van der Waals surface area contributed by atoms with E-state index in [0.717, 1.165) is 0 Å². The summed E-state index contributed by atoms with van der Waals surface area (Å²) in [6.07, 6.45) is 1.61. The van der Waals surface area contributed by atoms with Gasteiger partial charge in [0.1, 0.15) is 5.75 Å². The lowest BCUT2D eigenvalue weighted by atomic mass is 10.1. The fourth-order valence-corrected chi connectivity index (χ4v) is 2.37. The van der Waals surface area contributed by atoms with Crippen LogP contribution in [0.2, 0.25) is 5.02 Å². The maximum Gasteiger partial charge on any atom is 0.231 e. The molecule has 112 valence electrons. The zero-order chi connectivity index (χ0) is 15.7. The van der Waals surface area contributed by atoms with E-state index in [-0.39, 0.29) is 17.3 Å². The van der Waals surface area contributed by atoms with E-state index in [4.69, 9.17) is 21.1 Å². The summed E-state index contributed by atoms with van der Waals surface area (Å²) in [6, 6.07) is 9.75. The summed E-state index contributed by atoms with van der Waals surface area (Å²) in [5.74, 6) is 0.885. The molecule has 0 saturated heterocycles. The van der Waals surface area contributed by atoms with Gasteiger partial charge in [0.25, 0.3) is 0 Å². The summed E-state index contributed by atoms with van der Waals surface area (Å²) in [7, 11) is 0. The minimum Gasteiger partial charge on any atom is -0.504 e. The number of Topliss-reactive ketones (excluding diaryl/α,β-unsaturated/α-hetero) is 1. The number of carbonyl (C=O) groups is 1. The first-order valence-electron chi connectivity index (χ1n) is 6.78. The molecule has 2 aromatic rings. The molecule has 1 N–H and O–H groups in total. The highest BCUT2D eigenvalue weighted by Gasteiger charge is 2.27. The molecule has 0 radical (unpaired) electrons. The highest BCUT2D eigenvalue weighted by Crippen LogP contribution is 2.35. The lowest BCUT2D eigenvalue weighted by molar-refractivity contribution is 0.101. The Balaban J connectivity index is 1.94.